The van der Waals surface area contributed by atoms with E-state index in [1.807, 2.05) is 6.07 Å². The molecule has 0 aromatic heterocycles. The van der Waals surface area contributed by atoms with E-state index in [1.165, 1.54) is 11.1 Å². The van der Waals surface area contributed by atoms with E-state index in [4.69, 9.17) is 16.3 Å². The number of halogens is 1. The fraction of sp³-hybridized carbons (Fsp3) is 0.294. The van der Waals surface area contributed by atoms with Gasteiger partial charge in [-0.3, -0.25) is 0 Å². The van der Waals surface area contributed by atoms with Crippen molar-refractivity contribution in [2.45, 2.75) is 26.4 Å². The van der Waals surface area contributed by atoms with E-state index < -0.39 is 6.10 Å². The third-order valence-electron chi connectivity index (χ3n) is 3.27. The molecule has 1 atom stereocenters. The van der Waals surface area contributed by atoms with E-state index in [9.17, 15) is 5.11 Å². The standard InChI is InChI=1S/C17H19ClO2/c1-11-6-12(2)8-13(7-11)9-16(19)14-4-5-15(18)17(10-14)20-3/h4-8,10,16,19H,9H2,1-3H3. The molecule has 0 fully saturated rings. The molecule has 0 spiro atoms. The topological polar surface area (TPSA) is 29.5 Å². The van der Waals surface area contributed by atoms with Crippen LogP contribution in [0.25, 0.3) is 0 Å². The van der Waals surface area contributed by atoms with Gasteiger partial charge >= 0.3 is 0 Å². The first-order valence-corrected chi connectivity index (χ1v) is 6.96. The Hall–Kier alpha value is -1.51. The lowest BCUT2D eigenvalue weighted by Crippen LogP contribution is -2.03. The van der Waals surface area contributed by atoms with E-state index in [0.717, 1.165) is 11.1 Å². The molecule has 1 N–H and O–H groups in total. The van der Waals surface area contributed by atoms with E-state index in [-0.39, 0.29) is 0 Å². The summed E-state index contributed by atoms with van der Waals surface area (Å²) >= 11 is 6.00. The van der Waals surface area contributed by atoms with Crippen molar-refractivity contribution in [1.82, 2.24) is 0 Å². The minimum Gasteiger partial charge on any atom is -0.495 e. The smallest absolute Gasteiger partial charge is 0.137 e. The van der Waals surface area contributed by atoms with Gasteiger partial charge in [-0.05, 0) is 37.1 Å². The van der Waals surface area contributed by atoms with Crippen molar-refractivity contribution >= 4 is 11.6 Å². The zero-order valence-corrected chi connectivity index (χ0v) is 12.7. The van der Waals surface area contributed by atoms with E-state index in [1.54, 1.807) is 19.2 Å². The summed E-state index contributed by atoms with van der Waals surface area (Å²) in [6.07, 6.45) is 0.00944. The summed E-state index contributed by atoms with van der Waals surface area (Å²) in [5.41, 5.74) is 4.36. The quantitative estimate of drug-likeness (QED) is 0.912. The van der Waals surface area contributed by atoms with Crippen LogP contribution in [0.1, 0.15) is 28.4 Å². The third-order valence-corrected chi connectivity index (χ3v) is 3.58. The Kier molecular flexibility index (Phi) is 4.69. The number of benzene rings is 2. The maximum atomic E-state index is 10.4. The molecule has 2 rings (SSSR count). The number of aliphatic hydroxyl groups excluding tert-OH is 1. The molecule has 1 unspecified atom stereocenters. The molecular formula is C17H19ClO2. The van der Waals surface area contributed by atoms with Crippen molar-refractivity contribution in [2.24, 2.45) is 0 Å². The van der Waals surface area contributed by atoms with E-state index in [0.29, 0.717) is 17.2 Å². The molecule has 3 heteroatoms. The van der Waals surface area contributed by atoms with Gasteiger partial charge in [0, 0.05) is 6.42 Å². The molecule has 0 aliphatic heterocycles. The van der Waals surface area contributed by atoms with Gasteiger partial charge in [0.05, 0.1) is 18.2 Å². The normalized spacial score (nSPS) is 12.2. The zero-order valence-electron chi connectivity index (χ0n) is 12.0. The molecule has 2 aromatic carbocycles. The Morgan fingerprint density at radius 2 is 1.75 bits per heavy atom. The van der Waals surface area contributed by atoms with E-state index >= 15 is 0 Å². The molecule has 0 saturated heterocycles. The SMILES string of the molecule is COc1cc(C(O)Cc2cc(C)cc(C)c2)ccc1Cl. The molecule has 0 saturated carbocycles. The van der Waals surface area contributed by atoms with Crippen LogP contribution in [0.15, 0.2) is 36.4 Å². The lowest BCUT2D eigenvalue weighted by molar-refractivity contribution is 0.178. The molecule has 0 heterocycles. The van der Waals surface area contributed by atoms with Crippen LogP contribution in [-0.2, 0) is 6.42 Å². The second-order valence-corrected chi connectivity index (χ2v) is 5.52. The zero-order chi connectivity index (χ0) is 14.7. The molecule has 2 nitrogen and oxygen atoms in total. The van der Waals surface area contributed by atoms with Crippen LogP contribution in [-0.4, -0.2) is 12.2 Å². The predicted octanol–water partition coefficient (Wildman–Crippen LogP) is 4.24. The second kappa shape index (κ2) is 6.29. The Balaban J connectivity index is 2.21. The number of aryl methyl sites for hydroxylation is 2. The molecular weight excluding hydrogens is 272 g/mol. The van der Waals surface area contributed by atoms with Crippen molar-refractivity contribution in [3.63, 3.8) is 0 Å². The van der Waals surface area contributed by atoms with Crippen LogP contribution < -0.4 is 4.74 Å². The van der Waals surface area contributed by atoms with Crippen molar-refractivity contribution in [3.8, 4) is 5.75 Å². The van der Waals surface area contributed by atoms with Gasteiger partial charge in [-0.2, -0.15) is 0 Å². The highest BCUT2D eigenvalue weighted by Gasteiger charge is 2.12. The van der Waals surface area contributed by atoms with Gasteiger partial charge in [0.15, 0.2) is 0 Å². The fourth-order valence-corrected chi connectivity index (χ4v) is 2.61. The molecule has 0 aliphatic carbocycles. The number of hydrogen-bond acceptors (Lipinski definition) is 2. The van der Waals surface area contributed by atoms with Crippen molar-refractivity contribution < 1.29 is 9.84 Å². The summed E-state index contributed by atoms with van der Waals surface area (Å²) in [6.45, 7) is 4.13. The molecule has 106 valence electrons. The average Bonchev–Trinajstić information content (AvgIpc) is 2.37. The number of rotatable bonds is 4. The van der Waals surface area contributed by atoms with Gasteiger partial charge in [0.2, 0.25) is 0 Å². The van der Waals surface area contributed by atoms with Crippen LogP contribution in [0.3, 0.4) is 0 Å². The largest absolute Gasteiger partial charge is 0.495 e. The van der Waals surface area contributed by atoms with Crippen LogP contribution in [0.2, 0.25) is 5.02 Å². The van der Waals surface area contributed by atoms with Gasteiger partial charge in [-0.15, -0.1) is 0 Å². The minimum atomic E-state index is -0.567. The maximum Gasteiger partial charge on any atom is 0.137 e. The highest BCUT2D eigenvalue weighted by molar-refractivity contribution is 6.32. The van der Waals surface area contributed by atoms with E-state index in [2.05, 4.69) is 32.0 Å². The minimum absolute atomic E-state index is 0.551. The average molecular weight is 291 g/mol. The van der Waals surface area contributed by atoms with Crippen LogP contribution >= 0.6 is 11.6 Å². The summed E-state index contributed by atoms with van der Waals surface area (Å²) in [5, 5.41) is 10.9. The first-order valence-electron chi connectivity index (χ1n) is 6.58. The second-order valence-electron chi connectivity index (χ2n) is 5.11. The van der Waals surface area contributed by atoms with Gasteiger partial charge in [-0.25, -0.2) is 0 Å². The summed E-state index contributed by atoms with van der Waals surface area (Å²) in [6, 6.07) is 11.7. The van der Waals surface area contributed by atoms with Crippen molar-refractivity contribution in [1.29, 1.82) is 0 Å². The number of aliphatic hydroxyl groups is 1. The maximum absolute atomic E-state index is 10.4. The first-order chi connectivity index (χ1) is 9.49. The Bertz CT molecular complexity index is 588. The Morgan fingerprint density at radius 1 is 1.10 bits per heavy atom. The number of methoxy groups -OCH3 is 1. The van der Waals surface area contributed by atoms with Gasteiger partial charge in [0.25, 0.3) is 0 Å². The highest BCUT2D eigenvalue weighted by Crippen LogP contribution is 2.29. The fourth-order valence-electron chi connectivity index (χ4n) is 2.41. The van der Waals surface area contributed by atoms with Crippen LogP contribution in [0, 0.1) is 13.8 Å². The predicted molar refractivity (Wildman–Crippen MR) is 82.6 cm³/mol. The highest BCUT2D eigenvalue weighted by atomic mass is 35.5. The Morgan fingerprint density at radius 3 is 2.35 bits per heavy atom. The molecule has 0 aliphatic rings. The lowest BCUT2D eigenvalue weighted by Gasteiger charge is -2.14. The third kappa shape index (κ3) is 3.53. The number of ether oxygens (including phenoxy) is 1. The molecule has 0 bridgehead atoms. The summed E-state index contributed by atoms with van der Waals surface area (Å²) in [4.78, 5) is 0. The van der Waals surface area contributed by atoms with Crippen molar-refractivity contribution in [2.75, 3.05) is 7.11 Å². The summed E-state index contributed by atoms with van der Waals surface area (Å²) in [7, 11) is 1.57. The van der Waals surface area contributed by atoms with Crippen LogP contribution in [0.4, 0.5) is 0 Å². The number of hydrogen-bond donors (Lipinski definition) is 1. The van der Waals surface area contributed by atoms with Gasteiger partial charge < -0.3 is 9.84 Å². The molecule has 0 radical (unpaired) electrons. The van der Waals surface area contributed by atoms with Gasteiger partial charge in [0.1, 0.15) is 5.75 Å². The summed E-state index contributed by atoms with van der Waals surface area (Å²) in [5.74, 6) is 0.587. The lowest BCUT2D eigenvalue weighted by atomic mass is 9.98. The Labute approximate surface area is 125 Å². The summed E-state index contributed by atoms with van der Waals surface area (Å²) < 4.78 is 5.18. The molecule has 0 amide bonds. The molecule has 20 heavy (non-hydrogen) atoms. The molecule has 2 aromatic rings. The van der Waals surface area contributed by atoms with Crippen LogP contribution in [0.5, 0.6) is 5.75 Å². The first kappa shape index (κ1) is 14.9. The van der Waals surface area contributed by atoms with Gasteiger partial charge in [-0.1, -0.05) is 47.0 Å². The monoisotopic (exact) mass is 290 g/mol. The van der Waals surface area contributed by atoms with Crippen molar-refractivity contribution in [3.05, 3.63) is 63.7 Å².